The van der Waals surface area contributed by atoms with E-state index in [0.29, 0.717) is 6.92 Å². The van der Waals surface area contributed by atoms with Crippen LogP contribution in [0.2, 0.25) is 2.66 Å². The summed E-state index contributed by atoms with van der Waals surface area (Å²) in [7, 11) is -4.94. The molecule has 0 aromatic heterocycles. The van der Waals surface area contributed by atoms with E-state index in [1.165, 1.54) is 66.5 Å². The van der Waals surface area contributed by atoms with Gasteiger partial charge in [0, 0.05) is 0 Å². The van der Waals surface area contributed by atoms with E-state index in [-0.39, 0.29) is 0 Å². The van der Waals surface area contributed by atoms with Crippen LogP contribution in [0.4, 0.5) is 0 Å². The van der Waals surface area contributed by atoms with E-state index in [4.69, 9.17) is 14.8 Å². The fourth-order valence-corrected chi connectivity index (χ4v) is 2.85. The average molecular weight is 376 g/mol. The quantitative estimate of drug-likeness (QED) is 0.304. The molecule has 3 N–H and O–H groups in total. The molecule has 0 rings (SSSR count). The van der Waals surface area contributed by atoms with Crippen molar-refractivity contribution in [1.82, 2.24) is 0 Å². The fourth-order valence-electron chi connectivity index (χ4n) is 1.97. The number of carboxylic acid groups (broad SMARTS) is 2. The van der Waals surface area contributed by atoms with Crippen molar-refractivity contribution < 1.29 is 32.8 Å². The van der Waals surface area contributed by atoms with Crippen molar-refractivity contribution in [2.24, 2.45) is 0 Å². The van der Waals surface area contributed by atoms with Crippen molar-refractivity contribution in [1.29, 1.82) is 0 Å². The number of unbranched alkanes of at least 4 members (excludes halogenated alkanes) is 2. The van der Waals surface area contributed by atoms with Crippen LogP contribution in [-0.2, 0) is 19.7 Å². The Morgan fingerprint density at radius 1 is 1.04 bits per heavy atom. The molecule has 0 aliphatic heterocycles. The molecule has 0 spiro atoms. The summed E-state index contributed by atoms with van der Waals surface area (Å²) in [5, 5.41) is 16.6. The van der Waals surface area contributed by atoms with E-state index in [1.54, 1.807) is 0 Å². The van der Waals surface area contributed by atoms with E-state index in [9.17, 15) is 18.0 Å². The monoisotopic (exact) mass is 376 g/mol. The summed E-state index contributed by atoms with van der Waals surface area (Å²) in [5.74, 6) is -3.53. The van der Waals surface area contributed by atoms with Gasteiger partial charge in [-0.15, -0.1) is 0 Å². The minimum atomic E-state index is -4.94. The Kier molecular flexibility index (Phi) is 12.5. The second kappa shape index (κ2) is 11.5. The standard InChI is InChI=1S/C10H21.C5H8O7S.Na/c1-4-7-8-9-10(5-2)6-3;1-5(4(8)9,2-3(6)7)13(10,11)12;/h4-9H2,1-3H3;2H2,1H3,(H,6,7)(H,8,9)(H,10,11,12);. The predicted octanol–water partition coefficient (Wildman–Crippen LogP) is 2.91. The zero-order chi connectivity index (χ0) is 19.6. The van der Waals surface area contributed by atoms with Gasteiger partial charge in [-0.2, -0.15) is 8.42 Å². The molecule has 0 saturated heterocycles. The van der Waals surface area contributed by atoms with E-state index in [1.807, 2.05) is 0 Å². The zero-order valence-corrected chi connectivity index (χ0v) is 18.1. The van der Waals surface area contributed by atoms with Crippen molar-refractivity contribution in [2.75, 3.05) is 0 Å². The van der Waals surface area contributed by atoms with Crippen molar-refractivity contribution in [3.05, 3.63) is 0 Å². The van der Waals surface area contributed by atoms with Crippen molar-refractivity contribution in [3.8, 4) is 0 Å². The van der Waals surface area contributed by atoms with Gasteiger partial charge in [0.2, 0.25) is 4.75 Å². The zero-order valence-electron chi connectivity index (χ0n) is 15.3. The molecule has 0 amide bonds. The molecular formula is C15H29NaO7S. The summed E-state index contributed by atoms with van der Waals surface area (Å²) >= 11 is 1.39. The summed E-state index contributed by atoms with van der Waals surface area (Å²) in [4.78, 5) is 20.5. The number of carboxylic acids is 2. The number of rotatable bonds is 10. The van der Waals surface area contributed by atoms with Gasteiger partial charge in [-0.1, -0.05) is 0 Å². The SMILES string of the molecule is CC(CC(=O)O)(C(=O)O)S(=O)(=O)O.CCCCC[C]([Na])(CC)CC. The predicted molar refractivity (Wildman–Crippen MR) is 93.0 cm³/mol. The van der Waals surface area contributed by atoms with Crippen molar-refractivity contribution in [2.45, 2.75) is 80.1 Å². The first-order valence-electron chi connectivity index (χ1n) is 8.21. The Morgan fingerprint density at radius 2 is 1.50 bits per heavy atom. The van der Waals surface area contributed by atoms with Crippen LogP contribution in [0.25, 0.3) is 0 Å². The Hall–Kier alpha value is -0.150. The van der Waals surface area contributed by atoms with Gasteiger partial charge in [-0.05, 0) is 6.92 Å². The van der Waals surface area contributed by atoms with Crippen LogP contribution >= 0.6 is 0 Å². The van der Waals surface area contributed by atoms with E-state index in [0.717, 1.165) is 2.66 Å². The van der Waals surface area contributed by atoms with Crippen molar-refractivity contribution >= 4 is 50.0 Å². The average Bonchev–Trinajstić information content (AvgIpc) is 2.46. The third-order valence-corrected chi connectivity index (χ3v) is 7.97. The fraction of sp³-hybridized carbons (Fsp3) is 0.867. The molecule has 9 heteroatoms. The van der Waals surface area contributed by atoms with Crippen LogP contribution in [-0.4, -0.2) is 67.8 Å². The molecular weight excluding hydrogens is 347 g/mol. The Bertz CT molecular complexity index is 500. The summed E-state index contributed by atoms with van der Waals surface area (Å²) < 4.78 is 27.6. The number of aliphatic carboxylic acids is 2. The summed E-state index contributed by atoms with van der Waals surface area (Å²) in [6.07, 6.45) is 7.36. The minimum absolute atomic E-state index is 0.624. The van der Waals surface area contributed by atoms with Gasteiger partial charge in [0.05, 0.1) is 6.42 Å². The molecule has 0 radical (unpaired) electrons. The molecule has 138 valence electrons. The Balaban J connectivity index is 0. The van der Waals surface area contributed by atoms with Crippen LogP contribution in [0.15, 0.2) is 0 Å². The molecule has 24 heavy (non-hydrogen) atoms. The van der Waals surface area contributed by atoms with Crippen LogP contribution in [0.5, 0.6) is 0 Å². The molecule has 0 bridgehead atoms. The number of hydrogen-bond acceptors (Lipinski definition) is 4. The molecule has 0 aliphatic rings. The molecule has 0 aromatic rings. The number of carbonyl (C=O) groups is 2. The molecule has 0 aromatic carbocycles. The van der Waals surface area contributed by atoms with E-state index < -0.39 is 33.2 Å². The first-order chi connectivity index (χ1) is 10.8. The molecule has 0 saturated carbocycles. The second-order valence-electron chi connectivity index (χ2n) is 6.56. The maximum atomic E-state index is 10.5. The Labute approximate surface area is 162 Å². The summed E-state index contributed by atoms with van der Waals surface area (Å²) in [5.41, 5.74) is 0. The van der Waals surface area contributed by atoms with Crippen LogP contribution in [0.3, 0.4) is 0 Å². The first-order valence-corrected chi connectivity index (χ1v) is 10.7. The topological polar surface area (TPSA) is 129 Å². The van der Waals surface area contributed by atoms with Gasteiger partial charge in [0.15, 0.2) is 0 Å². The molecule has 0 fully saturated rings. The van der Waals surface area contributed by atoms with Crippen LogP contribution in [0.1, 0.15) is 72.6 Å². The van der Waals surface area contributed by atoms with Gasteiger partial charge >= 0.3 is 102 Å². The normalized spacial score (nSPS) is 14.3. The number of hydrogen-bond donors (Lipinski definition) is 3. The third kappa shape index (κ3) is 9.36. The second-order valence-corrected chi connectivity index (χ2v) is 10.5. The summed E-state index contributed by atoms with van der Waals surface area (Å²) in [6.45, 7) is 7.61. The van der Waals surface area contributed by atoms with E-state index in [2.05, 4.69) is 20.8 Å². The van der Waals surface area contributed by atoms with Gasteiger partial charge in [-0.25, -0.2) is 0 Å². The molecule has 1 atom stereocenters. The van der Waals surface area contributed by atoms with Crippen LogP contribution < -0.4 is 0 Å². The van der Waals surface area contributed by atoms with Gasteiger partial charge in [0.1, 0.15) is 0 Å². The van der Waals surface area contributed by atoms with Gasteiger partial charge in [-0.3, -0.25) is 14.1 Å². The molecule has 1 unspecified atom stereocenters. The van der Waals surface area contributed by atoms with Gasteiger partial charge in [0.25, 0.3) is 10.1 Å². The van der Waals surface area contributed by atoms with Crippen LogP contribution in [0, 0.1) is 0 Å². The first kappa shape index (κ1) is 26.1. The molecule has 0 aliphatic carbocycles. The molecule has 7 nitrogen and oxygen atoms in total. The maximum absolute atomic E-state index is 10.5. The third-order valence-electron chi connectivity index (χ3n) is 4.60. The Morgan fingerprint density at radius 3 is 1.71 bits per heavy atom. The van der Waals surface area contributed by atoms with E-state index >= 15 is 0 Å². The van der Waals surface area contributed by atoms with Crippen molar-refractivity contribution in [3.63, 3.8) is 0 Å². The molecule has 0 heterocycles. The van der Waals surface area contributed by atoms with Gasteiger partial charge < -0.3 is 10.2 Å². The summed E-state index contributed by atoms with van der Waals surface area (Å²) in [6, 6.07) is 0.